The molecule has 0 aliphatic rings. The molecule has 0 bridgehead atoms. The van der Waals surface area contributed by atoms with Gasteiger partial charge >= 0.3 is 5.97 Å². The standard InChI is InChI=1S/C19H38O2/c1-3-5-7-9-11-14-18(16-13-17-19(20)21)15-12-10-8-6-4-2/h18H,3-17H2,1-2H3,(H,20,21). The van der Waals surface area contributed by atoms with Gasteiger partial charge in [0.2, 0.25) is 0 Å². The van der Waals surface area contributed by atoms with Gasteiger partial charge in [0, 0.05) is 6.42 Å². The summed E-state index contributed by atoms with van der Waals surface area (Å²) in [6, 6.07) is 0. The predicted octanol–water partition coefficient (Wildman–Crippen LogP) is 6.58. The minimum Gasteiger partial charge on any atom is -0.481 e. The van der Waals surface area contributed by atoms with E-state index in [9.17, 15) is 4.79 Å². The van der Waals surface area contributed by atoms with Crippen LogP contribution < -0.4 is 0 Å². The summed E-state index contributed by atoms with van der Waals surface area (Å²) in [7, 11) is 0. The van der Waals surface area contributed by atoms with Gasteiger partial charge in [-0.15, -0.1) is 0 Å². The van der Waals surface area contributed by atoms with Crippen LogP contribution in [-0.2, 0) is 4.79 Å². The van der Waals surface area contributed by atoms with Gasteiger partial charge in [-0.2, -0.15) is 0 Å². The Balaban J connectivity index is 3.77. The molecule has 21 heavy (non-hydrogen) atoms. The molecular formula is C19H38O2. The second kappa shape index (κ2) is 15.9. The molecule has 0 aliphatic carbocycles. The first-order chi connectivity index (χ1) is 10.2. The summed E-state index contributed by atoms with van der Waals surface area (Å²) >= 11 is 0. The normalized spacial score (nSPS) is 11.2. The summed E-state index contributed by atoms with van der Waals surface area (Å²) in [6.45, 7) is 4.51. The van der Waals surface area contributed by atoms with E-state index in [2.05, 4.69) is 13.8 Å². The zero-order chi connectivity index (χ0) is 15.8. The van der Waals surface area contributed by atoms with Gasteiger partial charge in [-0.25, -0.2) is 0 Å². The zero-order valence-corrected chi connectivity index (χ0v) is 14.5. The van der Waals surface area contributed by atoms with Crippen molar-refractivity contribution in [3.05, 3.63) is 0 Å². The zero-order valence-electron chi connectivity index (χ0n) is 14.5. The third kappa shape index (κ3) is 15.7. The van der Waals surface area contributed by atoms with Crippen LogP contribution in [0.3, 0.4) is 0 Å². The Morgan fingerprint density at radius 1 is 0.714 bits per heavy atom. The molecule has 0 aromatic heterocycles. The van der Waals surface area contributed by atoms with Crippen LogP contribution in [0.2, 0.25) is 0 Å². The van der Waals surface area contributed by atoms with Crippen LogP contribution in [0.15, 0.2) is 0 Å². The van der Waals surface area contributed by atoms with Crippen molar-refractivity contribution in [1.82, 2.24) is 0 Å². The highest BCUT2D eigenvalue weighted by Gasteiger charge is 2.09. The smallest absolute Gasteiger partial charge is 0.303 e. The van der Waals surface area contributed by atoms with Gasteiger partial charge < -0.3 is 5.11 Å². The van der Waals surface area contributed by atoms with Crippen LogP contribution >= 0.6 is 0 Å². The number of carboxylic acids is 1. The molecule has 0 spiro atoms. The molecule has 1 N–H and O–H groups in total. The largest absolute Gasteiger partial charge is 0.481 e. The first-order valence-electron chi connectivity index (χ1n) is 9.42. The van der Waals surface area contributed by atoms with E-state index in [0.717, 1.165) is 18.8 Å². The number of hydrogen-bond donors (Lipinski definition) is 1. The molecular weight excluding hydrogens is 260 g/mol. The van der Waals surface area contributed by atoms with Gasteiger partial charge in [0.25, 0.3) is 0 Å². The third-order valence-corrected chi connectivity index (χ3v) is 4.43. The maximum absolute atomic E-state index is 10.6. The summed E-state index contributed by atoms with van der Waals surface area (Å²) in [5.74, 6) is 0.132. The molecule has 0 fully saturated rings. The van der Waals surface area contributed by atoms with Crippen molar-refractivity contribution in [2.45, 2.75) is 110 Å². The lowest BCUT2D eigenvalue weighted by atomic mass is 9.90. The van der Waals surface area contributed by atoms with E-state index < -0.39 is 5.97 Å². The van der Waals surface area contributed by atoms with Crippen molar-refractivity contribution >= 4 is 5.97 Å². The predicted molar refractivity (Wildman–Crippen MR) is 91.7 cm³/mol. The lowest BCUT2D eigenvalue weighted by Crippen LogP contribution is -2.03. The second-order valence-corrected chi connectivity index (χ2v) is 6.56. The highest BCUT2D eigenvalue weighted by molar-refractivity contribution is 5.66. The van der Waals surface area contributed by atoms with Crippen molar-refractivity contribution in [1.29, 1.82) is 0 Å². The molecule has 0 heterocycles. The Bertz CT molecular complexity index is 212. The van der Waals surface area contributed by atoms with Crippen LogP contribution in [0.4, 0.5) is 0 Å². The van der Waals surface area contributed by atoms with Crippen molar-refractivity contribution < 1.29 is 9.90 Å². The second-order valence-electron chi connectivity index (χ2n) is 6.56. The molecule has 0 amide bonds. The van der Waals surface area contributed by atoms with Crippen molar-refractivity contribution in [3.63, 3.8) is 0 Å². The van der Waals surface area contributed by atoms with Gasteiger partial charge in [0.05, 0.1) is 0 Å². The Morgan fingerprint density at radius 3 is 1.57 bits per heavy atom. The summed E-state index contributed by atoms with van der Waals surface area (Å²) in [5.41, 5.74) is 0. The number of hydrogen-bond acceptors (Lipinski definition) is 1. The number of rotatable bonds is 16. The number of aliphatic carboxylic acids is 1. The van der Waals surface area contributed by atoms with Gasteiger partial charge in [0.15, 0.2) is 0 Å². The molecule has 126 valence electrons. The number of unbranched alkanes of at least 4 members (excludes halogenated alkanes) is 8. The Hall–Kier alpha value is -0.530. The maximum atomic E-state index is 10.6. The summed E-state index contributed by atoms with van der Waals surface area (Å²) in [6.07, 6.45) is 18.4. The van der Waals surface area contributed by atoms with Crippen LogP contribution in [0.25, 0.3) is 0 Å². The van der Waals surface area contributed by atoms with E-state index in [1.807, 2.05) is 0 Å². The fourth-order valence-corrected chi connectivity index (χ4v) is 3.05. The molecule has 0 saturated heterocycles. The van der Waals surface area contributed by atoms with Crippen molar-refractivity contribution in [2.24, 2.45) is 5.92 Å². The monoisotopic (exact) mass is 298 g/mol. The molecule has 2 nitrogen and oxygen atoms in total. The highest BCUT2D eigenvalue weighted by atomic mass is 16.4. The fourth-order valence-electron chi connectivity index (χ4n) is 3.05. The summed E-state index contributed by atoms with van der Waals surface area (Å²) in [4.78, 5) is 10.6. The number of carbonyl (C=O) groups is 1. The van der Waals surface area contributed by atoms with Crippen LogP contribution in [-0.4, -0.2) is 11.1 Å². The van der Waals surface area contributed by atoms with Crippen molar-refractivity contribution in [3.8, 4) is 0 Å². The van der Waals surface area contributed by atoms with Gasteiger partial charge in [0.1, 0.15) is 0 Å². The summed E-state index contributed by atoms with van der Waals surface area (Å²) in [5, 5.41) is 8.77. The van der Waals surface area contributed by atoms with E-state index in [0.29, 0.717) is 6.42 Å². The average molecular weight is 299 g/mol. The topological polar surface area (TPSA) is 37.3 Å². The SMILES string of the molecule is CCCCCCCC(CCCCCCC)CCCC(=O)O. The molecule has 0 aliphatic heterocycles. The molecule has 0 atom stereocenters. The van der Waals surface area contributed by atoms with E-state index in [1.54, 1.807) is 0 Å². The van der Waals surface area contributed by atoms with Gasteiger partial charge in [-0.3, -0.25) is 4.79 Å². The minimum absolute atomic E-state index is 0.349. The highest BCUT2D eigenvalue weighted by Crippen LogP contribution is 2.23. The van der Waals surface area contributed by atoms with Crippen LogP contribution in [0, 0.1) is 5.92 Å². The van der Waals surface area contributed by atoms with E-state index in [1.165, 1.54) is 77.0 Å². The minimum atomic E-state index is -0.639. The van der Waals surface area contributed by atoms with E-state index in [4.69, 9.17) is 5.11 Å². The molecule has 0 saturated carbocycles. The Morgan fingerprint density at radius 2 is 1.14 bits per heavy atom. The Kier molecular flexibility index (Phi) is 15.5. The van der Waals surface area contributed by atoms with E-state index >= 15 is 0 Å². The van der Waals surface area contributed by atoms with Gasteiger partial charge in [-0.05, 0) is 18.8 Å². The first-order valence-corrected chi connectivity index (χ1v) is 9.42. The summed E-state index contributed by atoms with van der Waals surface area (Å²) < 4.78 is 0. The van der Waals surface area contributed by atoms with E-state index in [-0.39, 0.29) is 0 Å². The molecule has 2 heteroatoms. The van der Waals surface area contributed by atoms with Gasteiger partial charge in [-0.1, -0.05) is 90.9 Å². The molecule has 0 rings (SSSR count). The average Bonchev–Trinajstić information content (AvgIpc) is 2.45. The lowest BCUT2D eigenvalue weighted by Gasteiger charge is -2.16. The molecule has 0 unspecified atom stereocenters. The van der Waals surface area contributed by atoms with Crippen molar-refractivity contribution in [2.75, 3.05) is 0 Å². The number of carboxylic acid groups (broad SMARTS) is 1. The molecule has 0 aromatic rings. The maximum Gasteiger partial charge on any atom is 0.303 e. The third-order valence-electron chi connectivity index (χ3n) is 4.43. The Labute approximate surface area is 132 Å². The first kappa shape index (κ1) is 20.5. The quantitative estimate of drug-likeness (QED) is 0.327. The lowest BCUT2D eigenvalue weighted by molar-refractivity contribution is -0.137. The molecule has 0 aromatic carbocycles. The molecule has 0 radical (unpaired) electrons. The fraction of sp³-hybridized carbons (Fsp3) is 0.947. The van der Waals surface area contributed by atoms with Crippen LogP contribution in [0.1, 0.15) is 110 Å². The van der Waals surface area contributed by atoms with Crippen LogP contribution in [0.5, 0.6) is 0 Å².